The molecule has 4 nitrogen and oxygen atoms in total. The van der Waals surface area contributed by atoms with Gasteiger partial charge in [-0.05, 0) is 42.8 Å². The van der Waals surface area contributed by atoms with Crippen LogP contribution in [0.5, 0.6) is 5.75 Å². The van der Waals surface area contributed by atoms with Gasteiger partial charge in [-0.1, -0.05) is 6.07 Å². The zero-order chi connectivity index (χ0) is 15.2. The Balaban J connectivity index is 1.82. The molecular formula is C14H17FN2O2S2. The van der Waals surface area contributed by atoms with Crippen molar-refractivity contribution >= 4 is 35.0 Å². The van der Waals surface area contributed by atoms with Gasteiger partial charge in [-0.2, -0.15) is 11.8 Å². The molecule has 0 aromatic heterocycles. The Kier molecular flexibility index (Phi) is 5.81. The molecule has 1 aromatic carbocycles. The van der Waals surface area contributed by atoms with Crippen LogP contribution in [0.25, 0.3) is 0 Å². The highest BCUT2D eigenvalue weighted by Crippen LogP contribution is 2.14. The van der Waals surface area contributed by atoms with Gasteiger partial charge in [0.15, 0.2) is 5.11 Å². The van der Waals surface area contributed by atoms with E-state index >= 15 is 0 Å². The number of thioether (sulfide) groups is 1. The van der Waals surface area contributed by atoms with Gasteiger partial charge in [0.1, 0.15) is 24.2 Å². The number of amides is 1. The number of nitrogens with zero attached hydrogens (tertiary/aromatic N) is 1. The largest absolute Gasteiger partial charge is 0.492 e. The molecule has 0 bridgehead atoms. The van der Waals surface area contributed by atoms with E-state index in [1.165, 1.54) is 17.0 Å². The number of hydrogen-bond acceptors (Lipinski definition) is 4. The Morgan fingerprint density at radius 3 is 3.05 bits per heavy atom. The average Bonchev–Trinajstić information content (AvgIpc) is 2.72. The van der Waals surface area contributed by atoms with Crippen LogP contribution >= 0.6 is 24.0 Å². The van der Waals surface area contributed by atoms with E-state index in [1.807, 2.05) is 6.26 Å². The van der Waals surface area contributed by atoms with Crippen molar-refractivity contribution in [2.75, 3.05) is 25.2 Å². The maximum Gasteiger partial charge on any atom is 0.251 e. The van der Waals surface area contributed by atoms with Crippen LogP contribution in [0.1, 0.15) is 6.42 Å². The maximum atomic E-state index is 13.0. The molecule has 114 valence electrons. The Labute approximate surface area is 133 Å². The summed E-state index contributed by atoms with van der Waals surface area (Å²) in [5, 5.41) is 3.46. The highest BCUT2D eigenvalue weighted by atomic mass is 32.2. The van der Waals surface area contributed by atoms with E-state index in [-0.39, 0.29) is 24.4 Å². The molecule has 1 saturated heterocycles. The summed E-state index contributed by atoms with van der Waals surface area (Å²) in [5.74, 6) is 0.982. The van der Waals surface area contributed by atoms with Crippen LogP contribution in [-0.2, 0) is 4.79 Å². The van der Waals surface area contributed by atoms with E-state index in [4.69, 9.17) is 17.0 Å². The third-order valence-corrected chi connectivity index (χ3v) is 4.08. The van der Waals surface area contributed by atoms with Crippen LogP contribution in [0, 0.1) is 5.82 Å². The number of nitrogens with one attached hydrogen (secondary N) is 1. The molecule has 0 aliphatic carbocycles. The quantitative estimate of drug-likeness (QED) is 0.776. The molecule has 21 heavy (non-hydrogen) atoms. The lowest BCUT2D eigenvalue weighted by Gasteiger charge is -2.15. The van der Waals surface area contributed by atoms with E-state index in [0.717, 1.165) is 12.2 Å². The lowest BCUT2D eigenvalue weighted by molar-refractivity contribution is -0.127. The molecule has 1 aromatic rings. The molecule has 0 spiro atoms. The second-order valence-electron chi connectivity index (χ2n) is 4.58. The van der Waals surface area contributed by atoms with Crippen LogP contribution in [0.4, 0.5) is 4.39 Å². The number of carbonyl (C=O) groups excluding carboxylic acids is 1. The van der Waals surface area contributed by atoms with Crippen LogP contribution in [-0.4, -0.2) is 47.1 Å². The van der Waals surface area contributed by atoms with Crippen molar-refractivity contribution in [2.45, 2.75) is 12.5 Å². The first-order chi connectivity index (χ1) is 10.1. The number of hydrogen-bond donors (Lipinski definition) is 1. The van der Waals surface area contributed by atoms with E-state index < -0.39 is 0 Å². The van der Waals surface area contributed by atoms with Gasteiger partial charge in [-0.15, -0.1) is 0 Å². The van der Waals surface area contributed by atoms with Crippen molar-refractivity contribution in [1.82, 2.24) is 10.2 Å². The zero-order valence-corrected chi connectivity index (χ0v) is 13.3. The van der Waals surface area contributed by atoms with Gasteiger partial charge >= 0.3 is 0 Å². The monoisotopic (exact) mass is 328 g/mol. The smallest absolute Gasteiger partial charge is 0.251 e. The van der Waals surface area contributed by atoms with Crippen molar-refractivity contribution in [2.24, 2.45) is 0 Å². The molecule has 1 fully saturated rings. The second-order valence-corrected chi connectivity index (χ2v) is 5.95. The average molecular weight is 328 g/mol. The molecule has 1 aliphatic heterocycles. The molecule has 0 saturated carbocycles. The van der Waals surface area contributed by atoms with Crippen LogP contribution in [0.2, 0.25) is 0 Å². The summed E-state index contributed by atoms with van der Waals surface area (Å²) in [6.45, 7) is 0.628. The molecule has 7 heteroatoms. The Morgan fingerprint density at radius 2 is 2.33 bits per heavy atom. The first kappa shape index (κ1) is 16.0. The first-order valence-electron chi connectivity index (χ1n) is 6.61. The third kappa shape index (κ3) is 4.31. The van der Waals surface area contributed by atoms with Crippen LogP contribution < -0.4 is 10.1 Å². The van der Waals surface area contributed by atoms with E-state index in [1.54, 1.807) is 23.9 Å². The van der Waals surface area contributed by atoms with Gasteiger partial charge < -0.3 is 10.1 Å². The van der Waals surface area contributed by atoms with Crippen molar-refractivity contribution in [3.05, 3.63) is 30.1 Å². The SMILES string of the molecule is CSCCC1NC(=S)N(CCOc2cccc(F)c2)C1=O. The molecule has 1 heterocycles. The lowest BCUT2D eigenvalue weighted by atomic mass is 10.2. The molecule has 1 N–H and O–H groups in total. The minimum Gasteiger partial charge on any atom is -0.492 e. The molecule has 0 radical (unpaired) electrons. The van der Waals surface area contributed by atoms with Gasteiger partial charge in [0.2, 0.25) is 0 Å². The predicted molar refractivity (Wildman–Crippen MR) is 86.1 cm³/mol. The highest BCUT2D eigenvalue weighted by Gasteiger charge is 2.34. The second kappa shape index (κ2) is 7.61. The van der Waals surface area contributed by atoms with Crippen molar-refractivity contribution in [3.63, 3.8) is 0 Å². The van der Waals surface area contributed by atoms with Gasteiger partial charge in [-0.3, -0.25) is 9.69 Å². The Morgan fingerprint density at radius 1 is 1.52 bits per heavy atom. The number of halogens is 1. The molecular weight excluding hydrogens is 311 g/mol. The topological polar surface area (TPSA) is 41.6 Å². The summed E-state index contributed by atoms with van der Waals surface area (Å²) >= 11 is 6.86. The number of benzene rings is 1. The first-order valence-corrected chi connectivity index (χ1v) is 8.41. The summed E-state index contributed by atoms with van der Waals surface area (Å²) < 4.78 is 18.4. The summed E-state index contributed by atoms with van der Waals surface area (Å²) in [6, 6.07) is 5.68. The summed E-state index contributed by atoms with van der Waals surface area (Å²) in [4.78, 5) is 13.7. The van der Waals surface area contributed by atoms with Crippen LogP contribution in [0.15, 0.2) is 24.3 Å². The van der Waals surface area contributed by atoms with E-state index in [9.17, 15) is 9.18 Å². The van der Waals surface area contributed by atoms with E-state index in [2.05, 4.69) is 5.32 Å². The van der Waals surface area contributed by atoms with Gasteiger partial charge in [0.25, 0.3) is 5.91 Å². The fourth-order valence-electron chi connectivity index (χ4n) is 2.03. The third-order valence-electron chi connectivity index (χ3n) is 3.10. The van der Waals surface area contributed by atoms with Gasteiger partial charge in [0, 0.05) is 6.07 Å². The zero-order valence-electron chi connectivity index (χ0n) is 11.7. The minimum atomic E-state index is -0.348. The predicted octanol–water partition coefficient (Wildman–Crippen LogP) is 2.04. The van der Waals surface area contributed by atoms with Crippen molar-refractivity contribution in [3.8, 4) is 5.75 Å². The normalized spacial score (nSPS) is 18.0. The summed E-state index contributed by atoms with van der Waals surface area (Å²) in [6.07, 6.45) is 2.75. The number of rotatable bonds is 7. The Bertz CT molecular complexity index is 527. The summed E-state index contributed by atoms with van der Waals surface area (Å²) in [5.41, 5.74) is 0. The fraction of sp³-hybridized carbons (Fsp3) is 0.429. The highest BCUT2D eigenvalue weighted by molar-refractivity contribution is 7.98. The standard InChI is InChI=1S/C14H17FN2O2S2/c1-21-8-5-12-13(18)17(14(20)16-12)6-7-19-11-4-2-3-10(15)9-11/h2-4,9,12H,5-8H2,1H3,(H,16,20). The maximum absolute atomic E-state index is 13.0. The number of carbonyl (C=O) groups is 1. The summed E-state index contributed by atoms with van der Waals surface area (Å²) in [7, 11) is 0. The van der Waals surface area contributed by atoms with Gasteiger partial charge in [-0.25, -0.2) is 4.39 Å². The van der Waals surface area contributed by atoms with Crippen LogP contribution in [0.3, 0.4) is 0 Å². The van der Waals surface area contributed by atoms with Crippen molar-refractivity contribution < 1.29 is 13.9 Å². The lowest BCUT2D eigenvalue weighted by Crippen LogP contribution is -2.35. The van der Waals surface area contributed by atoms with Gasteiger partial charge in [0.05, 0.1) is 6.54 Å². The van der Waals surface area contributed by atoms with Crippen molar-refractivity contribution in [1.29, 1.82) is 0 Å². The molecule has 1 amide bonds. The molecule has 2 rings (SSSR count). The number of ether oxygens (including phenoxy) is 1. The fourth-order valence-corrected chi connectivity index (χ4v) is 2.83. The Hall–Kier alpha value is -1.34. The molecule has 1 atom stereocenters. The number of thiocarbonyl (C=S) groups is 1. The van der Waals surface area contributed by atoms with E-state index in [0.29, 0.717) is 17.4 Å². The molecule has 1 aliphatic rings. The molecule has 1 unspecified atom stereocenters. The minimum absolute atomic E-state index is 0.0168.